The molecule has 3 rings (SSSR count). The number of carbonyl (C=O) groups excluding carboxylic acids is 2. The number of hydrogen-bond donors (Lipinski definition) is 1. The van der Waals surface area contributed by atoms with E-state index in [0.717, 1.165) is 53.9 Å². The van der Waals surface area contributed by atoms with Crippen LogP contribution in [-0.2, 0) is 11.2 Å². The van der Waals surface area contributed by atoms with E-state index in [1.807, 2.05) is 43.9 Å². The van der Waals surface area contributed by atoms with Crippen LogP contribution >= 0.6 is 0 Å². The Labute approximate surface area is 155 Å². The minimum Gasteiger partial charge on any atom is -0.339 e. The molecule has 4 nitrogen and oxygen atoms in total. The van der Waals surface area contributed by atoms with Crippen molar-refractivity contribution in [1.29, 1.82) is 0 Å². The maximum atomic E-state index is 12.5. The zero-order valence-corrected chi connectivity index (χ0v) is 15.8. The monoisotopic (exact) mass is 350 g/mol. The van der Waals surface area contributed by atoms with E-state index in [2.05, 4.69) is 17.4 Å². The van der Waals surface area contributed by atoms with Crippen molar-refractivity contribution in [2.45, 2.75) is 40.0 Å². The lowest BCUT2D eigenvalue weighted by Crippen LogP contribution is -2.27. The van der Waals surface area contributed by atoms with E-state index in [1.165, 1.54) is 0 Å². The summed E-state index contributed by atoms with van der Waals surface area (Å²) in [5.41, 5.74) is 5.67. The molecule has 0 aromatic heterocycles. The van der Waals surface area contributed by atoms with Gasteiger partial charge in [0.25, 0.3) is 5.91 Å². The molecule has 0 atom stereocenters. The number of rotatable bonds is 4. The quantitative estimate of drug-likeness (QED) is 0.905. The van der Waals surface area contributed by atoms with Crippen molar-refractivity contribution in [3.63, 3.8) is 0 Å². The van der Waals surface area contributed by atoms with Gasteiger partial charge in [-0.05, 0) is 68.5 Å². The Morgan fingerprint density at radius 3 is 2.38 bits per heavy atom. The molecule has 0 saturated carbocycles. The van der Waals surface area contributed by atoms with E-state index in [-0.39, 0.29) is 11.8 Å². The van der Waals surface area contributed by atoms with Crippen LogP contribution in [0, 0.1) is 20.8 Å². The van der Waals surface area contributed by atoms with Crippen molar-refractivity contribution in [2.75, 3.05) is 18.4 Å². The molecular weight excluding hydrogens is 324 g/mol. The number of benzene rings is 2. The highest BCUT2D eigenvalue weighted by atomic mass is 16.2. The molecule has 0 radical (unpaired) electrons. The van der Waals surface area contributed by atoms with Crippen molar-refractivity contribution in [1.82, 2.24) is 4.90 Å². The van der Waals surface area contributed by atoms with Crippen LogP contribution in [0.15, 0.2) is 36.4 Å². The number of nitrogens with one attached hydrogen (secondary N) is 1. The van der Waals surface area contributed by atoms with Crippen molar-refractivity contribution in [3.05, 3.63) is 64.2 Å². The maximum absolute atomic E-state index is 12.5. The Bertz CT molecular complexity index is 836. The average molecular weight is 350 g/mol. The molecule has 1 heterocycles. The van der Waals surface area contributed by atoms with Gasteiger partial charge in [-0.3, -0.25) is 9.59 Å². The normalized spacial score (nSPS) is 13.7. The third-order valence-corrected chi connectivity index (χ3v) is 5.00. The number of hydrogen-bond acceptors (Lipinski definition) is 2. The maximum Gasteiger partial charge on any atom is 0.253 e. The van der Waals surface area contributed by atoms with Gasteiger partial charge in [0.15, 0.2) is 0 Å². The fourth-order valence-corrected chi connectivity index (χ4v) is 3.40. The first-order valence-electron chi connectivity index (χ1n) is 9.20. The highest BCUT2D eigenvalue weighted by Crippen LogP contribution is 2.20. The summed E-state index contributed by atoms with van der Waals surface area (Å²) in [6, 6.07) is 11.7. The van der Waals surface area contributed by atoms with Gasteiger partial charge in [0.05, 0.1) is 6.42 Å². The van der Waals surface area contributed by atoms with E-state index in [1.54, 1.807) is 6.07 Å². The Balaban J connectivity index is 1.68. The Kier molecular flexibility index (Phi) is 5.40. The van der Waals surface area contributed by atoms with Crippen LogP contribution in [0.25, 0.3) is 0 Å². The molecule has 1 saturated heterocycles. The van der Waals surface area contributed by atoms with Gasteiger partial charge in [-0.15, -0.1) is 0 Å². The molecule has 2 aromatic rings. The van der Waals surface area contributed by atoms with Gasteiger partial charge in [-0.2, -0.15) is 0 Å². The number of aryl methyl sites for hydroxylation is 3. The molecule has 2 amide bonds. The second-order valence-corrected chi connectivity index (χ2v) is 7.18. The first kappa shape index (κ1) is 18.2. The summed E-state index contributed by atoms with van der Waals surface area (Å²) >= 11 is 0. The molecule has 1 aliphatic heterocycles. The standard InChI is InChI=1S/C22H26N2O2/c1-15-6-7-16(2)19(12-15)14-21(25)23-20-9-8-18(13-17(20)3)22(26)24-10-4-5-11-24/h6-9,12-13H,4-5,10-11,14H2,1-3H3,(H,23,25). The molecule has 0 bridgehead atoms. The van der Waals surface area contributed by atoms with Gasteiger partial charge < -0.3 is 10.2 Å². The minimum atomic E-state index is -0.0413. The molecule has 2 aromatic carbocycles. The molecule has 136 valence electrons. The van der Waals surface area contributed by atoms with E-state index in [4.69, 9.17) is 0 Å². The first-order valence-corrected chi connectivity index (χ1v) is 9.20. The molecule has 1 N–H and O–H groups in total. The van der Waals surface area contributed by atoms with E-state index in [9.17, 15) is 9.59 Å². The highest BCUT2D eigenvalue weighted by molar-refractivity contribution is 5.97. The summed E-state index contributed by atoms with van der Waals surface area (Å²) in [6.07, 6.45) is 2.51. The van der Waals surface area contributed by atoms with Gasteiger partial charge in [0.1, 0.15) is 0 Å². The van der Waals surface area contributed by atoms with Crippen molar-refractivity contribution >= 4 is 17.5 Å². The largest absolute Gasteiger partial charge is 0.339 e. The molecule has 1 fully saturated rings. The van der Waals surface area contributed by atoms with Gasteiger partial charge >= 0.3 is 0 Å². The fourth-order valence-electron chi connectivity index (χ4n) is 3.40. The minimum absolute atomic E-state index is 0.0413. The van der Waals surface area contributed by atoms with Crippen LogP contribution in [0.1, 0.15) is 45.5 Å². The topological polar surface area (TPSA) is 49.4 Å². The summed E-state index contributed by atoms with van der Waals surface area (Å²) < 4.78 is 0. The van der Waals surface area contributed by atoms with Crippen LogP contribution in [0.5, 0.6) is 0 Å². The number of anilines is 1. The Hall–Kier alpha value is -2.62. The Morgan fingerprint density at radius 2 is 1.69 bits per heavy atom. The van der Waals surface area contributed by atoms with Crippen molar-refractivity contribution < 1.29 is 9.59 Å². The fraction of sp³-hybridized carbons (Fsp3) is 0.364. The second kappa shape index (κ2) is 7.73. The zero-order valence-electron chi connectivity index (χ0n) is 15.8. The summed E-state index contributed by atoms with van der Waals surface area (Å²) in [5, 5.41) is 2.98. The van der Waals surface area contributed by atoms with Crippen LogP contribution in [0.4, 0.5) is 5.69 Å². The summed E-state index contributed by atoms with van der Waals surface area (Å²) in [4.78, 5) is 26.8. The summed E-state index contributed by atoms with van der Waals surface area (Å²) in [5.74, 6) is 0.0410. The number of likely N-dealkylation sites (tertiary alicyclic amines) is 1. The van der Waals surface area contributed by atoms with Crippen LogP contribution in [0.2, 0.25) is 0 Å². The van der Waals surface area contributed by atoms with Crippen molar-refractivity contribution in [3.8, 4) is 0 Å². The van der Waals surface area contributed by atoms with E-state index in [0.29, 0.717) is 12.0 Å². The number of amides is 2. The molecule has 26 heavy (non-hydrogen) atoms. The third-order valence-electron chi connectivity index (χ3n) is 5.00. The molecule has 0 aliphatic carbocycles. The van der Waals surface area contributed by atoms with Gasteiger partial charge in [-0.1, -0.05) is 23.8 Å². The van der Waals surface area contributed by atoms with Crippen LogP contribution in [0.3, 0.4) is 0 Å². The number of carbonyl (C=O) groups is 2. The van der Waals surface area contributed by atoms with Gasteiger partial charge in [-0.25, -0.2) is 0 Å². The second-order valence-electron chi connectivity index (χ2n) is 7.18. The molecule has 0 unspecified atom stereocenters. The zero-order chi connectivity index (χ0) is 18.7. The lowest BCUT2D eigenvalue weighted by molar-refractivity contribution is -0.115. The molecule has 1 aliphatic rings. The molecule has 0 spiro atoms. The lowest BCUT2D eigenvalue weighted by Gasteiger charge is -2.16. The predicted molar refractivity (Wildman–Crippen MR) is 105 cm³/mol. The van der Waals surface area contributed by atoms with Crippen LogP contribution in [-0.4, -0.2) is 29.8 Å². The van der Waals surface area contributed by atoms with E-state index < -0.39 is 0 Å². The molecular formula is C22H26N2O2. The van der Waals surface area contributed by atoms with Gasteiger partial charge in [0, 0.05) is 24.3 Å². The first-order chi connectivity index (χ1) is 12.4. The molecule has 4 heteroatoms. The van der Waals surface area contributed by atoms with Crippen molar-refractivity contribution in [2.24, 2.45) is 0 Å². The van der Waals surface area contributed by atoms with Gasteiger partial charge in [0.2, 0.25) is 5.91 Å². The lowest BCUT2D eigenvalue weighted by atomic mass is 10.0. The summed E-state index contributed by atoms with van der Waals surface area (Å²) in [6.45, 7) is 7.65. The average Bonchev–Trinajstić information content (AvgIpc) is 3.14. The Morgan fingerprint density at radius 1 is 0.962 bits per heavy atom. The summed E-state index contributed by atoms with van der Waals surface area (Å²) in [7, 11) is 0. The third kappa shape index (κ3) is 4.13. The van der Waals surface area contributed by atoms with E-state index >= 15 is 0 Å². The highest BCUT2D eigenvalue weighted by Gasteiger charge is 2.20. The predicted octanol–water partition coefficient (Wildman–Crippen LogP) is 4.03. The van der Waals surface area contributed by atoms with Crippen LogP contribution < -0.4 is 5.32 Å². The number of nitrogens with zero attached hydrogens (tertiary/aromatic N) is 1. The smallest absolute Gasteiger partial charge is 0.253 e. The SMILES string of the molecule is Cc1ccc(C)c(CC(=O)Nc2ccc(C(=O)N3CCCC3)cc2C)c1.